The summed E-state index contributed by atoms with van der Waals surface area (Å²) in [5, 5.41) is 1.92. The number of nitrogen functional groups attached to an aromatic ring is 1. The Morgan fingerprint density at radius 3 is 2.68 bits per heavy atom. The summed E-state index contributed by atoms with van der Waals surface area (Å²) in [6.45, 7) is 0.297. The standard InChI is InChI=1S/C12H13BrN2O2S2/c13-10-5-11(18-7-10)6-15-19(16,17)8-9-3-1-2-4-12(9)14/h1-5,7,15H,6,8,14H2. The first-order valence-corrected chi connectivity index (χ1v) is 8.82. The van der Waals surface area contributed by atoms with Crippen LogP contribution in [0.5, 0.6) is 0 Å². The van der Waals surface area contributed by atoms with E-state index in [9.17, 15) is 8.42 Å². The van der Waals surface area contributed by atoms with Gasteiger partial charge >= 0.3 is 0 Å². The van der Waals surface area contributed by atoms with Crippen LogP contribution in [0, 0.1) is 0 Å². The Morgan fingerprint density at radius 2 is 2.05 bits per heavy atom. The zero-order valence-corrected chi connectivity index (χ0v) is 13.2. The number of hydrogen-bond acceptors (Lipinski definition) is 4. The van der Waals surface area contributed by atoms with Crippen LogP contribution in [0.25, 0.3) is 0 Å². The molecule has 1 aromatic heterocycles. The van der Waals surface area contributed by atoms with E-state index < -0.39 is 10.0 Å². The minimum Gasteiger partial charge on any atom is -0.398 e. The second kappa shape index (κ2) is 6.04. The maximum absolute atomic E-state index is 12.0. The fourth-order valence-electron chi connectivity index (χ4n) is 1.55. The van der Waals surface area contributed by atoms with Crippen LogP contribution < -0.4 is 10.5 Å². The van der Waals surface area contributed by atoms with E-state index in [0.29, 0.717) is 17.8 Å². The van der Waals surface area contributed by atoms with Gasteiger partial charge in [0.15, 0.2) is 0 Å². The van der Waals surface area contributed by atoms with Gasteiger partial charge in [-0.1, -0.05) is 18.2 Å². The Bertz CT molecular complexity index is 668. The summed E-state index contributed by atoms with van der Waals surface area (Å²) in [6, 6.07) is 8.86. The molecule has 0 atom stereocenters. The van der Waals surface area contributed by atoms with Crippen LogP contribution >= 0.6 is 27.3 Å². The van der Waals surface area contributed by atoms with Crippen molar-refractivity contribution >= 4 is 43.0 Å². The molecular formula is C12H13BrN2O2S2. The first kappa shape index (κ1) is 14.5. The van der Waals surface area contributed by atoms with Gasteiger partial charge in [0.05, 0.1) is 5.75 Å². The Morgan fingerprint density at radius 1 is 1.32 bits per heavy atom. The molecule has 2 rings (SSSR count). The predicted octanol–water partition coefficient (Wildman–Crippen LogP) is 2.71. The highest BCUT2D eigenvalue weighted by molar-refractivity contribution is 9.10. The lowest BCUT2D eigenvalue weighted by molar-refractivity contribution is 0.581. The molecule has 0 saturated heterocycles. The number of hydrogen-bond donors (Lipinski definition) is 2. The van der Waals surface area contributed by atoms with Crippen LogP contribution in [0.2, 0.25) is 0 Å². The molecule has 102 valence electrons. The Balaban J connectivity index is 2.01. The Labute approximate surface area is 124 Å². The molecule has 0 aliphatic rings. The van der Waals surface area contributed by atoms with Crippen molar-refractivity contribution in [3.8, 4) is 0 Å². The molecule has 0 aliphatic heterocycles. The summed E-state index contributed by atoms with van der Waals surface area (Å²) in [7, 11) is -3.38. The minimum atomic E-state index is -3.38. The summed E-state index contributed by atoms with van der Waals surface area (Å²) in [4.78, 5) is 0.955. The van der Waals surface area contributed by atoms with Crippen LogP contribution in [-0.4, -0.2) is 8.42 Å². The van der Waals surface area contributed by atoms with Crippen molar-refractivity contribution in [3.05, 3.63) is 50.6 Å². The number of benzene rings is 1. The van der Waals surface area contributed by atoms with Crippen molar-refractivity contribution in [1.29, 1.82) is 0 Å². The van der Waals surface area contributed by atoms with Gasteiger partial charge in [0.25, 0.3) is 0 Å². The van der Waals surface area contributed by atoms with Gasteiger partial charge < -0.3 is 5.73 Å². The largest absolute Gasteiger partial charge is 0.398 e. The predicted molar refractivity (Wildman–Crippen MR) is 82.3 cm³/mol. The molecule has 3 N–H and O–H groups in total. The number of anilines is 1. The van der Waals surface area contributed by atoms with Crippen molar-refractivity contribution in [2.45, 2.75) is 12.3 Å². The summed E-state index contributed by atoms with van der Waals surface area (Å²) in [5.41, 5.74) is 6.85. The van der Waals surface area contributed by atoms with E-state index in [4.69, 9.17) is 5.73 Å². The van der Waals surface area contributed by atoms with Gasteiger partial charge in [-0.2, -0.15) is 0 Å². The minimum absolute atomic E-state index is 0.105. The molecule has 0 bridgehead atoms. The van der Waals surface area contributed by atoms with E-state index >= 15 is 0 Å². The van der Waals surface area contributed by atoms with E-state index in [0.717, 1.165) is 9.35 Å². The Hall–Kier alpha value is -0.890. The number of nitrogens with one attached hydrogen (secondary N) is 1. The first-order chi connectivity index (χ1) is 8.96. The van der Waals surface area contributed by atoms with E-state index in [2.05, 4.69) is 20.7 Å². The molecule has 1 heterocycles. The molecule has 0 saturated carbocycles. The van der Waals surface area contributed by atoms with Gasteiger partial charge in [-0.25, -0.2) is 13.1 Å². The number of rotatable bonds is 5. The third-order valence-corrected chi connectivity index (χ3v) is 5.46. The van der Waals surface area contributed by atoms with Gasteiger partial charge in [-0.3, -0.25) is 0 Å². The van der Waals surface area contributed by atoms with Crippen molar-refractivity contribution in [1.82, 2.24) is 4.72 Å². The molecule has 19 heavy (non-hydrogen) atoms. The van der Waals surface area contributed by atoms with Gasteiger partial charge in [-0.15, -0.1) is 11.3 Å². The van der Waals surface area contributed by atoms with Crippen molar-refractivity contribution < 1.29 is 8.42 Å². The van der Waals surface area contributed by atoms with Crippen LogP contribution in [0.3, 0.4) is 0 Å². The number of halogens is 1. The second-order valence-electron chi connectivity index (χ2n) is 4.01. The summed E-state index contributed by atoms with van der Waals surface area (Å²) < 4.78 is 27.4. The summed E-state index contributed by atoms with van der Waals surface area (Å²) >= 11 is 4.83. The van der Waals surface area contributed by atoms with Crippen LogP contribution in [0.1, 0.15) is 10.4 Å². The van der Waals surface area contributed by atoms with Crippen LogP contribution in [0.15, 0.2) is 40.2 Å². The highest BCUT2D eigenvalue weighted by atomic mass is 79.9. The van der Waals surface area contributed by atoms with Crippen molar-refractivity contribution in [2.24, 2.45) is 0 Å². The number of sulfonamides is 1. The molecule has 2 aromatic rings. The molecule has 0 radical (unpaired) electrons. The maximum Gasteiger partial charge on any atom is 0.216 e. The fraction of sp³-hybridized carbons (Fsp3) is 0.167. The molecule has 1 aromatic carbocycles. The topological polar surface area (TPSA) is 72.2 Å². The van der Waals surface area contributed by atoms with E-state index in [-0.39, 0.29) is 5.75 Å². The lowest BCUT2D eigenvalue weighted by Crippen LogP contribution is -2.24. The number of thiophene rings is 1. The smallest absolute Gasteiger partial charge is 0.216 e. The maximum atomic E-state index is 12.0. The highest BCUT2D eigenvalue weighted by Gasteiger charge is 2.13. The van der Waals surface area contributed by atoms with Gasteiger partial charge in [0, 0.05) is 27.0 Å². The monoisotopic (exact) mass is 360 g/mol. The van der Waals surface area contributed by atoms with E-state index in [1.54, 1.807) is 24.3 Å². The fourth-order valence-corrected chi connectivity index (χ4v) is 4.18. The normalized spacial score (nSPS) is 11.6. The van der Waals surface area contributed by atoms with Crippen molar-refractivity contribution in [3.63, 3.8) is 0 Å². The molecule has 0 amide bonds. The number of nitrogens with two attached hydrogens (primary N) is 1. The third-order valence-electron chi connectivity index (χ3n) is 2.49. The number of para-hydroxylation sites is 1. The molecule has 7 heteroatoms. The van der Waals surface area contributed by atoms with Crippen LogP contribution in [0.4, 0.5) is 5.69 Å². The first-order valence-electron chi connectivity index (χ1n) is 5.50. The lowest BCUT2D eigenvalue weighted by atomic mass is 10.2. The molecular weight excluding hydrogens is 348 g/mol. The van der Waals surface area contributed by atoms with E-state index in [1.807, 2.05) is 11.4 Å². The van der Waals surface area contributed by atoms with E-state index in [1.165, 1.54) is 11.3 Å². The van der Waals surface area contributed by atoms with Gasteiger partial charge in [0.1, 0.15) is 0 Å². The highest BCUT2D eigenvalue weighted by Crippen LogP contribution is 2.20. The second-order valence-corrected chi connectivity index (χ2v) is 7.73. The lowest BCUT2D eigenvalue weighted by Gasteiger charge is -2.07. The summed E-state index contributed by atoms with van der Waals surface area (Å²) in [5.74, 6) is -0.105. The Kier molecular flexibility index (Phi) is 4.62. The van der Waals surface area contributed by atoms with Gasteiger partial charge in [0.2, 0.25) is 10.0 Å². The molecule has 0 spiro atoms. The quantitative estimate of drug-likeness (QED) is 0.805. The third kappa shape index (κ3) is 4.31. The molecule has 4 nitrogen and oxygen atoms in total. The molecule has 0 fully saturated rings. The van der Waals surface area contributed by atoms with Crippen LogP contribution in [-0.2, 0) is 22.3 Å². The van der Waals surface area contributed by atoms with Gasteiger partial charge in [-0.05, 0) is 33.6 Å². The molecule has 0 aliphatic carbocycles. The SMILES string of the molecule is Nc1ccccc1CS(=O)(=O)NCc1cc(Br)cs1. The average molecular weight is 361 g/mol. The zero-order valence-electron chi connectivity index (χ0n) is 9.97. The molecule has 0 unspecified atom stereocenters. The summed E-state index contributed by atoms with van der Waals surface area (Å²) in [6.07, 6.45) is 0. The zero-order chi connectivity index (χ0) is 13.9. The van der Waals surface area contributed by atoms with Crippen molar-refractivity contribution in [2.75, 3.05) is 5.73 Å². The average Bonchev–Trinajstić information content (AvgIpc) is 2.76.